The standard InChI is InChI=1S/C16H16O4S.Na/c1-10-9-11(2)16(21(18,19)20)12(3)14(10)15(17)13-7-5-4-6-8-13;/h4-9H,1-3H3,(H,18,19,20);/q;+1/p-1. The second kappa shape index (κ2) is 7.06. The first-order valence-corrected chi connectivity index (χ1v) is 7.80. The molecular weight excluding hydrogens is 311 g/mol. The van der Waals surface area contributed by atoms with Crippen LogP contribution in [0, 0.1) is 20.8 Å². The average Bonchev–Trinajstić information content (AvgIpc) is 2.37. The molecule has 0 fully saturated rings. The van der Waals surface area contributed by atoms with Gasteiger partial charge >= 0.3 is 29.6 Å². The first kappa shape index (κ1) is 19.1. The smallest absolute Gasteiger partial charge is 0.744 e. The van der Waals surface area contributed by atoms with Gasteiger partial charge in [0.15, 0.2) is 5.78 Å². The number of hydrogen-bond donors (Lipinski definition) is 0. The molecule has 2 rings (SSSR count). The molecule has 6 heteroatoms. The molecule has 0 saturated carbocycles. The van der Waals surface area contributed by atoms with Crippen molar-refractivity contribution < 1.29 is 47.3 Å². The predicted octanol–water partition coefficient (Wildman–Crippen LogP) is -0.249. The van der Waals surface area contributed by atoms with E-state index in [1.54, 1.807) is 50.2 Å². The zero-order chi connectivity index (χ0) is 15.8. The number of carbonyl (C=O) groups is 1. The Labute approximate surface area is 152 Å². The molecule has 22 heavy (non-hydrogen) atoms. The van der Waals surface area contributed by atoms with Crippen LogP contribution < -0.4 is 29.6 Å². The number of ketones is 1. The average molecular weight is 326 g/mol. The number of carbonyl (C=O) groups excluding carboxylic acids is 1. The molecule has 0 spiro atoms. The second-order valence-electron chi connectivity index (χ2n) is 4.99. The Bertz CT molecular complexity index is 812. The van der Waals surface area contributed by atoms with Crippen molar-refractivity contribution in [3.63, 3.8) is 0 Å². The Morgan fingerprint density at radius 3 is 2.05 bits per heavy atom. The quantitative estimate of drug-likeness (QED) is 0.443. The molecule has 0 unspecified atom stereocenters. The van der Waals surface area contributed by atoms with Gasteiger partial charge in [-0.3, -0.25) is 4.79 Å². The molecule has 0 amide bonds. The van der Waals surface area contributed by atoms with Crippen LogP contribution in [0.1, 0.15) is 32.6 Å². The summed E-state index contributed by atoms with van der Waals surface area (Å²) >= 11 is 0. The predicted molar refractivity (Wildman–Crippen MR) is 78.5 cm³/mol. The summed E-state index contributed by atoms with van der Waals surface area (Å²) in [5.74, 6) is -0.282. The molecule has 0 atom stereocenters. The third-order valence-corrected chi connectivity index (χ3v) is 4.54. The Kier molecular flexibility index (Phi) is 6.12. The van der Waals surface area contributed by atoms with E-state index in [-0.39, 0.29) is 51.4 Å². The Morgan fingerprint density at radius 1 is 1.00 bits per heavy atom. The third kappa shape index (κ3) is 3.67. The van der Waals surface area contributed by atoms with Crippen LogP contribution in [0.15, 0.2) is 41.3 Å². The summed E-state index contributed by atoms with van der Waals surface area (Å²) in [6.45, 7) is 4.79. The van der Waals surface area contributed by atoms with Gasteiger partial charge in [0.25, 0.3) is 0 Å². The van der Waals surface area contributed by atoms with E-state index in [4.69, 9.17) is 0 Å². The fourth-order valence-corrected chi connectivity index (χ4v) is 3.57. The van der Waals surface area contributed by atoms with Crippen molar-refractivity contribution in [1.29, 1.82) is 0 Å². The van der Waals surface area contributed by atoms with E-state index in [0.29, 0.717) is 16.7 Å². The van der Waals surface area contributed by atoms with E-state index in [0.717, 1.165) is 0 Å². The summed E-state index contributed by atoms with van der Waals surface area (Å²) in [5, 5.41) is 0. The van der Waals surface area contributed by atoms with Gasteiger partial charge in [-0.2, -0.15) is 0 Å². The molecular formula is C16H15NaO4S. The molecule has 0 saturated heterocycles. The summed E-state index contributed by atoms with van der Waals surface area (Å²) in [7, 11) is -4.62. The van der Waals surface area contributed by atoms with Crippen molar-refractivity contribution in [2.45, 2.75) is 25.7 Å². The summed E-state index contributed by atoms with van der Waals surface area (Å²) in [6, 6.07) is 10.1. The van der Waals surface area contributed by atoms with Crippen LogP contribution >= 0.6 is 0 Å². The van der Waals surface area contributed by atoms with Crippen LogP contribution in [-0.4, -0.2) is 18.8 Å². The zero-order valence-electron chi connectivity index (χ0n) is 13.0. The van der Waals surface area contributed by atoms with E-state index in [1.807, 2.05) is 0 Å². The maximum atomic E-state index is 12.6. The molecule has 0 aliphatic carbocycles. The summed E-state index contributed by atoms with van der Waals surface area (Å²) in [5.41, 5.74) is 1.98. The van der Waals surface area contributed by atoms with Gasteiger partial charge in [0, 0.05) is 11.1 Å². The first-order chi connectivity index (χ1) is 9.73. The fraction of sp³-hybridized carbons (Fsp3) is 0.188. The van der Waals surface area contributed by atoms with Crippen LogP contribution in [-0.2, 0) is 10.1 Å². The largest absolute Gasteiger partial charge is 1.00 e. The minimum Gasteiger partial charge on any atom is -0.744 e. The zero-order valence-corrected chi connectivity index (χ0v) is 15.8. The summed E-state index contributed by atoms with van der Waals surface area (Å²) < 4.78 is 34.3. The van der Waals surface area contributed by atoms with Crippen molar-refractivity contribution in [2.75, 3.05) is 0 Å². The minimum atomic E-state index is -4.62. The molecule has 0 N–H and O–H groups in total. The van der Waals surface area contributed by atoms with Gasteiger partial charge < -0.3 is 4.55 Å². The number of rotatable bonds is 3. The SMILES string of the molecule is Cc1cc(C)c(S(=O)(=O)[O-])c(C)c1C(=O)c1ccccc1.[Na+]. The van der Waals surface area contributed by atoms with E-state index < -0.39 is 10.1 Å². The van der Waals surface area contributed by atoms with Crippen LogP contribution in [0.4, 0.5) is 0 Å². The van der Waals surface area contributed by atoms with Gasteiger partial charge in [0.05, 0.1) is 4.90 Å². The molecule has 0 aliphatic heterocycles. The summed E-state index contributed by atoms with van der Waals surface area (Å²) in [4.78, 5) is 12.3. The molecule has 0 radical (unpaired) electrons. The molecule has 2 aromatic rings. The van der Waals surface area contributed by atoms with E-state index in [1.165, 1.54) is 6.92 Å². The summed E-state index contributed by atoms with van der Waals surface area (Å²) in [6.07, 6.45) is 0. The molecule has 110 valence electrons. The number of benzene rings is 2. The normalized spacial score (nSPS) is 10.9. The molecule has 0 heterocycles. The third-order valence-electron chi connectivity index (χ3n) is 3.41. The van der Waals surface area contributed by atoms with Crippen LogP contribution in [0.25, 0.3) is 0 Å². The van der Waals surface area contributed by atoms with Crippen molar-refractivity contribution in [1.82, 2.24) is 0 Å². The van der Waals surface area contributed by atoms with Crippen LogP contribution in [0.5, 0.6) is 0 Å². The molecule has 4 nitrogen and oxygen atoms in total. The van der Waals surface area contributed by atoms with E-state index >= 15 is 0 Å². The Hall–Kier alpha value is -0.980. The van der Waals surface area contributed by atoms with Gasteiger partial charge in [0.2, 0.25) is 0 Å². The molecule has 2 aromatic carbocycles. The van der Waals surface area contributed by atoms with Crippen LogP contribution in [0.3, 0.4) is 0 Å². The first-order valence-electron chi connectivity index (χ1n) is 6.40. The molecule has 0 aliphatic rings. The minimum absolute atomic E-state index is 0. The molecule has 0 aromatic heterocycles. The topological polar surface area (TPSA) is 74.3 Å². The molecule has 0 bridgehead atoms. The maximum absolute atomic E-state index is 12.6. The Morgan fingerprint density at radius 2 is 1.55 bits per heavy atom. The van der Waals surface area contributed by atoms with E-state index in [9.17, 15) is 17.8 Å². The van der Waals surface area contributed by atoms with E-state index in [2.05, 4.69) is 0 Å². The van der Waals surface area contributed by atoms with Crippen molar-refractivity contribution in [3.8, 4) is 0 Å². The van der Waals surface area contributed by atoms with Gasteiger partial charge in [0.1, 0.15) is 10.1 Å². The van der Waals surface area contributed by atoms with Crippen molar-refractivity contribution in [2.24, 2.45) is 0 Å². The Balaban J connectivity index is 0.00000242. The maximum Gasteiger partial charge on any atom is 1.00 e. The van der Waals surface area contributed by atoms with Crippen LogP contribution in [0.2, 0.25) is 0 Å². The van der Waals surface area contributed by atoms with Crippen molar-refractivity contribution >= 4 is 15.9 Å². The van der Waals surface area contributed by atoms with Gasteiger partial charge in [-0.1, -0.05) is 36.4 Å². The fourth-order valence-electron chi connectivity index (χ4n) is 2.64. The monoisotopic (exact) mass is 326 g/mol. The van der Waals surface area contributed by atoms with Gasteiger partial charge in [-0.15, -0.1) is 0 Å². The second-order valence-corrected chi connectivity index (χ2v) is 6.31. The van der Waals surface area contributed by atoms with Crippen molar-refractivity contribution in [3.05, 3.63) is 64.2 Å². The van der Waals surface area contributed by atoms with Gasteiger partial charge in [-0.05, 0) is 37.5 Å². The number of aryl methyl sites for hydroxylation is 2. The number of hydrogen-bond acceptors (Lipinski definition) is 4. The van der Waals surface area contributed by atoms with Gasteiger partial charge in [-0.25, -0.2) is 8.42 Å².